The molecule has 0 aliphatic carbocycles. The van der Waals surface area contributed by atoms with E-state index in [2.05, 4.69) is 5.16 Å². The molecule has 0 bridgehead atoms. The summed E-state index contributed by atoms with van der Waals surface area (Å²) in [5, 5.41) is 14.3. The van der Waals surface area contributed by atoms with Gasteiger partial charge in [0.2, 0.25) is 0 Å². The number of aliphatic hydroxyl groups is 1. The zero-order chi connectivity index (χ0) is 12.6. The topological polar surface area (TPSA) is 46.3 Å². The van der Waals surface area contributed by atoms with E-state index in [9.17, 15) is 5.11 Å². The Balaban J connectivity index is 2.52. The van der Waals surface area contributed by atoms with Gasteiger partial charge in [0.25, 0.3) is 0 Å². The monoisotopic (exact) mass is 291 g/mol. The highest BCUT2D eigenvalue weighted by Crippen LogP contribution is 2.36. The zero-order valence-electron chi connectivity index (χ0n) is 8.75. The van der Waals surface area contributed by atoms with Gasteiger partial charge >= 0.3 is 0 Å². The summed E-state index contributed by atoms with van der Waals surface area (Å²) < 4.78 is 4.97. The molecule has 2 rings (SSSR count). The van der Waals surface area contributed by atoms with Gasteiger partial charge < -0.3 is 9.63 Å². The molecule has 1 aromatic heterocycles. The summed E-state index contributed by atoms with van der Waals surface area (Å²) in [6.45, 7) is 1.58. The molecule has 0 fully saturated rings. The van der Waals surface area contributed by atoms with Crippen LogP contribution in [0.15, 0.2) is 22.7 Å². The first-order valence-electron chi connectivity index (χ1n) is 4.78. The normalized spacial score (nSPS) is 12.8. The SMILES string of the molecule is CC(O)c1cc(-c2cc(Cl)cc(Cl)c2Cl)no1. The van der Waals surface area contributed by atoms with Crippen LogP contribution in [-0.4, -0.2) is 10.3 Å². The molecule has 0 saturated carbocycles. The molecule has 2 aromatic rings. The fraction of sp³-hybridized carbons (Fsp3) is 0.182. The van der Waals surface area contributed by atoms with Crippen LogP contribution in [0.4, 0.5) is 0 Å². The van der Waals surface area contributed by atoms with E-state index in [0.29, 0.717) is 32.1 Å². The van der Waals surface area contributed by atoms with Gasteiger partial charge in [0.1, 0.15) is 11.8 Å². The summed E-state index contributed by atoms with van der Waals surface area (Å²) in [4.78, 5) is 0. The van der Waals surface area contributed by atoms with Gasteiger partial charge in [0, 0.05) is 16.7 Å². The van der Waals surface area contributed by atoms with Crippen molar-refractivity contribution in [2.45, 2.75) is 13.0 Å². The van der Waals surface area contributed by atoms with Crippen molar-refractivity contribution >= 4 is 34.8 Å². The fourth-order valence-corrected chi connectivity index (χ4v) is 2.05. The predicted molar refractivity (Wildman–Crippen MR) is 67.6 cm³/mol. The lowest BCUT2D eigenvalue weighted by Crippen LogP contribution is -1.85. The number of benzene rings is 1. The summed E-state index contributed by atoms with van der Waals surface area (Å²) in [7, 11) is 0. The molecule has 0 aliphatic heterocycles. The average molecular weight is 293 g/mol. The number of hydrogen-bond acceptors (Lipinski definition) is 3. The number of halogens is 3. The third-order valence-corrected chi connectivity index (χ3v) is 3.23. The number of nitrogens with zero attached hydrogens (tertiary/aromatic N) is 1. The van der Waals surface area contributed by atoms with Crippen molar-refractivity contribution in [2.75, 3.05) is 0 Å². The zero-order valence-corrected chi connectivity index (χ0v) is 11.0. The van der Waals surface area contributed by atoms with Crippen molar-refractivity contribution in [1.82, 2.24) is 5.16 Å². The number of hydrogen-bond donors (Lipinski definition) is 1. The van der Waals surface area contributed by atoms with Gasteiger partial charge in [-0.25, -0.2) is 0 Å². The molecular weight excluding hydrogens is 284 g/mol. The van der Waals surface area contributed by atoms with E-state index in [-0.39, 0.29) is 0 Å². The lowest BCUT2D eigenvalue weighted by atomic mass is 10.1. The van der Waals surface area contributed by atoms with E-state index < -0.39 is 6.10 Å². The lowest BCUT2D eigenvalue weighted by molar-refractivity contribution is 0.158. The standard InChI is InChI=1S/C11H8Cl3NO2/c1-5(16)10-4-9(15-17-10)7-2-6(12)3-8(13)11(7)14/h2-5,16H,1H3. The Bertz CT molecular complexity index is 552. The van der Waals surface area contributed by atoms with Crippen LogP contribution in [0.5, 0.6) is 0 Å². The molecule has 1 atom stereocenters. The molecule has 1 unspecified atom stereocenters. The highest BCUT2D eigenvalue weighted by Gasteiger charge is 2.15. The van der Waals surface area contributed by atoms with Crippen molar-refractivity contribution in [2.24, 2.45) is 0 Å². The minimum atomic E-state index is -0.732. The molecule has 0 aliphatic rings. The van der Waals surface area contributed by atoms with Gasteiger partial charge in [-0.1, -0.05) is 40.0 Å². The molecule has 3 nitrogen and oxygen atoms in total. The van der Waals surface area contributed by atoms with Crippen LogP contribution >= 0.6 is 34.8 Å². The second-order valence-corrected chi connectivity index (χ2v) is 4.76. The minimum Gasteiger partial charge on any atom is -0.385 e. The van der Waals surface area contributed by atoms with Crippen molar-refractivity contribution < 1.29 is 9.63 Å². The Labute approximate surface area is 113 Å². The Morgan fingerprint density at radius 3 is 2.53 bits per heavy atom. The second-order valence-electron chi connectivity index (χ2n) is 3.54. The van der Waals surface area contributed by atoms with Crippen molar-refractivity contribution in [3.63, 3.8) is 0 Å². The van der Waals surface area contributed by atoms with Crippen LogP contribution in [-0.2, 0) is 0 Å². The summed E-state index contributed by atoms with van der Waals surface area (Å²) in [5.41, 5.74) is 1.05. The van der Waals surface area contributed by atoms with Crippen molar-refractivity contribution in [3.8, 4) is 11.3 Å². The molecule has 1 heterocycles. The largest absolute Gasteiger partial charge is 0.385 e. The van der Waals surface area contributed by atoms with E-state index in [0.717, 1.165) is 0 Å². The Kier molecular flexibility index (Phi) is 3.64. The molecule has 1 N–H and O–H groups in total. The lowest BCUT2D eigenvalue weighted by Gasteiger charge is -2.03. The molecular formula is C11H8Cl3NO2. The van der Waals surface area contributed by atoms with Gasteiger partial charge in [0.05, 0.1) is 10.0 Å². The molecule has 1 aromatic carbocycles. The van der Waals surface area contributed by atoms with E-state index in [4.69, 9.17) is 39.3 Å². The first-order valence-corrected chi connectivity index (χ1v) is 5.92. The Hall–Kier alpha value is -0.740. The maximum atomic E-state index is 9.34. The third kappa shape index (κ3) is 2.58. The molecule has 6 heteroatoms. The van der Waals surface area contributed by atoms with Crippen molar-refractivity contribution in [3.05, 3.63) is 39.0 Å². The molecule has 0 saturated heterocycles. The van der Waals surface area contributed by atoms with Crippen molar-refractivity contribution in [1.29, 1.82) is 0 Å². The molecule has 0 amide bonds. The van der Waals surface area contributed by atoms with Gasteiger partial charge in [-0.2, -0.15) is 0 Å². The van der Waals surface area contributed by atoms with Crippen LogP contribution in [0, 0.1) is 0 Å². The summed E-state index contributed by atoms with van der Waals surface area (Å²) >= 11 is 17.9. The smallest absolute Gasteiger partial charge is 0.165 e. The van der Waals surface area contributed by atoms with Crippen LogP contribution in [0.25, 0.3) is 11.3 Å². The van der Waals surface area contributed by atoms with Crippen LogP contribution in [0.1, 0.15) is 18.8 Å². The van der Waals surface area contributed by atoms with Gasteiger partial charge in [0.15, 0.2) is 5.76 Å². The molecule has 0 radical (unpaired) electrons. The first-order chi connectivity index (χ1) is 7.99. The second kappa shape index (κ2) is 4.86. The van der Waals surface area contributed by atoms with Crippen LogP contribution in [0.2, 0.25) is 15.1 Å². The first kappa shape index (κ1) is 12.7. The van der Waals surface area contributed by atoms with Gasteiger partial charge in [-0.3, -0.25) is 0 Å². The average Bonchev–Trinajstić information content (AvgIpc) is 2.72. The fourth-order valence-electron chi connectivity index (χ4n) is 1.36. The highest BCUT2D eigenvalue weighted by molar-refractivity contribution is 6.45. The van der Waals surface area contributed by atoms with E-state index in [1.54, 1.807) is 25.1 Å². The molecule has 17 heavy (non-hydrogen) atoms. The van der Waals surface area contributed by atoms with Gasteiger partial charge in [-0.15, -0.1) is 0 Å². The van der Waals surface area contributed by atoms with Crippen LogP contribution < -0.4 is 0 Å². The summed E-state index contributed by atoms with van der Waals surface area (Å²) in [5.74, 6) is 0.354. The highest BCUT2D eigenvalue weighted by atomic mass is 35.5. The Morgan fingerprint density at radius 2 is 1.94 bits per heavy atom. The summed E-state index contributed by atoms with van der Waals surface area (Å²) in [6, 6.07) is 4.78. The summed E-state index contributed by atoms with van der Waals surface area (Å²) in [6.07, 6.45) is -0.732. The Morgan fingerprint density at radius 1 is 1.24 bits per heavy atom. The van der Waals surface area contributed by atoms with E-state index in [1.807, 2.05) is 0 Å². The van der Waals surface area contributed by atoms with Gasteiger partial charge in [-0.05, 0) is 19.1 Å². The third-order valence-electron chi connectivity index (χ3n) is 2.21. The van der Waals surface area contributed by atoms with E-state index in [1.165, 1.54) is 0 Å². The predicted octanol–water partition coefficient (Wildman–Crippen LogP) is 4.36. The number of aromatic nitrogens is 1. The molecule has 90 valence electrons. The number of rotatable bonds is 2. The maximum absolute atomic E-state index is 9.34. The number of aliphatic hydroxyl groups excluding tert-OH is 1. The van der Waals surface area contributed by atoms with Crippen LogP contribution in [0.3, 0.4) is 0 Å². The molecule has 0 spiro atoms. The maximum Gasteiger partial charge on any atom is 0.165 e. The minimum absolute atomic E-state index is 0.343. The quantitative estimate of drug-likeness (QED) is 0.837. The van der Waals surface area contributed by atoms with E-state index >= 15 is 0 Å².